The molecular formula is C14H10Cl4O2. The van der Waals surface area contributed by atoms with Crippen LogP contribution in [-0.4, -0.2) is 10.2 Å². The van der Waals surface area contributed by atoms with E-state index in [0.717, 1.165) is 11.1 Å². The zero-order valence-corrected chi connectivity index (χ0v) is 13.3. The lowest BCUT2D eigenvalue weighted by atomic mass is 9.93. The van der Waals surface area contributed by atoms with Crippen molar-refractivity contribution in [2.45, 2.75) is 12.8 Å². The fourth-order valence-electron chi connectivity index (χ4n) is 1.86. The van der Waals surface area contributed by atoms with Gasteiger partial charge in [0.05, 0.1) is 20.1 Å². The molecule has 0 spiro atoms. The maximum absolute atomic E-state index is 9.57. The third kappa shape index (κ3) is 2.94. The number of halogens is 4. The molecule has 0 atom stereocenters. The van der Waals surface area contributed by atoms with E-state index in [-0.39, 0.29) is 37.5 Å². The van der Waals surface area contributed by atoms with Crippen LogP contribution in [0.2, 0.25) is 20.1 Å². The number of benzene rings is 2. The maximum Gasteiger partial charge on any atom is 0.152 e. The first kappa shape index (κ1) is 15.6. The number of hydrogen-bond donors (Lipinski definition) is 2. The Morgan fingerprint density at radius 3 is 1.20 bits per heavy atom. The van der Waals surface area contributed by atoms with Gasteiger partial charge < -0.3 is 10.2 Å². The summed E-state index contributed by atoms with van der Waals surface area (Å²) >= 11 is 23.6. The fraction of sp³-hybridized carbons (Fsp3) is 0.143. The second-order valence-corrected chi connectivity index (χ2v) is 6.02. The molecule has 2 aromatic rings. The molecule has 20 heavy (non-hydrogen) atoms. The summed E-state index contributed by atoms with van der Waals surface area (Å²) in [7, 11) is 0. The van der Waals surface area contributed by atoms with E-state index in [9.17, 15) is 10.2 Å². The van der Waals surface area contributed by atoms with Gasteiger partial charge in [0.25, 0.3) is 0 Å². The van der Waals surface area contributed by atoms with E-state index in [1.807, 2.05) is 6.92 Å². The molecule has 0 heterocycles. The van der Waals surface area contributed by atoms with Gasteiger partial charge in [-0.25, -0.2) is 0 Å². The molecule has 0 aliphatic rings. The molecule has 106 valence electrons. The van der Waals surface area contributed by atoms with E-state index in [1.165, 1.54) is 0 Å². The summed E-state index contributed by atoms with van der Waals surface area (Å²) in [6.07, 6.45) is 0. The number of hydrogen-bond acceptors (Lipinski definition) is 2. The molecule has 0 amide bonds. The van der Waals surface area contributed by atoms with Crippen LogP contribution in [0.4, 0.5) is 0 Å². The highest BCUT2D eigenvalue weighted by Gasteiger charge is 2.16. The van der Waals surface area contributed by atoms with Crippen LogP contribution < -0.4 is 0 Å². The largest absolute Gasteiger partial charge is 0.505 e. The summed E-state index contributed by atoms with van der Waals surface area (Å²) in [5.41, 5.74) is 1.60. The van der Waals surface area contributed by atoms with Crippen molar-refractivity contribution in [2.75, 3.05) is 0 Å². The third-order valence-electron chi connectivity index (χ3n) is 3.08. The molecular weight excluding hydrogens is 342 g/mol. The number of phenols is 2. The Morgan fingerprint density at radius 1 is 0.700 bits per heavy atom. The average Bonchev–Trinajstić information content (AvgIpc) is 2.40. The van der Waals surface area contributed by atoms with Crippen LogP contribution in [-0.2, 0) is 0 Å². The first-order valence-corrected chi connectivity index (χ1v) is 7.18. The Balaban J connectivity index is 2.49. The minimum absolute atomic E-state index is 0.110. The summed E-state index contributed by atoms with van der Waals surface area (Å²) < 4.78 is 0. The van der Waals surface area contributed by atoms with Gasteiger partial charge in [-0.2, -0.15) is 0 Å². The molecule has 0 aromatic heterocycles. The quantitative estimate of drug-likeness (QED) is 0.710. The lowest BCUT2D eigenvalue weighted by Crippen LogP contribution is -1.97. The smallest absolute Gasteiger partial charge is 0.152 e. The van der Waals surface area contributed by atoms with E-state index >= 15 is 0 Å². The molecule has 0 unspecified atom stereocenters. The van der Waals surface area contributed by atoms with Gasteiger partial charge in [-0.3, -0.25) is 0 Å². The van der Waals surface area contributed by atoms with Crippen LogP contribution in [0.15, 0.2) is 24.3 Å². The van der Waals surface area contributed by atoms with E-state index in [0.29, 0.717) is 0 Å². The molecule has 0 aliphatic carbocycles. The second-order valence-electron chi connectivity index (χ2n) is 4.39. The van der Waals surface area contributed by atoms with Gasteiger partial charge in [-0.1, -0.05) is 53.3 Å². The lowest BCUT2D eigenvalue weighted by molar-refractivity contribution is 0.475. The Kier molecular flexibility index (Phi) is 4.60. The standard InChI is InChI=1S/C14H10Cl4O2/c1-6(7-2-9(15)13(19)10(16)3-7)8-4-11(17)14(20)12(18)5-8/h2-6,19-20H,1H3. The van der Waals surface area contributed by atoms with Crippen LogP contribution >= 0.6 is 46.4 Å². The molecule has 0 bridgehead atoms. The highest BCUT2D eigenvalue weighted by atomic mass is 35.5. The normalized spacial score (nSPS) is 11.1. The Labute approximate surface area is 136 Å². The summed E-state index contributed by atoms with van der Waals surface area (Å²) in [4.78, 5) is 0. The molecule has 0 fully saturated rings. The minimum Gasteiger partial charge on any atom is -0.505 e. The Morgan fingerprint density at radius 2 is 0.950 bits per heavy atom. The van der Waals surface area contributed by atoms with Crippen molar-refractivity contribution in [1.29, 1.82) is 0 Å². The van der Waals surface area contributed by atoms with Gasteiger partial charge >= 0.3 is 0 Å². The SMILES string of the molecule is CC(c1cc(Cl)c(O)c(Cl)c1)c1cc(Cl)c(O)c(Cl)c1. The molecule has 2 nitrogen and oxygen atoms in total. The van der Waals surface area contributed by atoms with Crippen molar-refractivity contribution >= 4 is 46.4 Å². The van der Waals surface area contributed by atoms with Crippen molar-refractivity contribution in [2.24, 2.45) is 0 Å². The minimum atomic E-state index is -0.147. The number of aromatic hydroxyl groups is 2. The van der Waals surface area contributed by atoms with Crippen molar-refractivity contribution in [1.82, 2.24) is 0 Å². The molecule has 0 saturated carbocycles. The fourth-order valence-corrected chi connectivity index (χ4v) is 2.87. The summed E-state index contributed by atoms with van der Waals surface area (Å²) in [6.45, 7) is 1.91. The van der Waals surface area contributed by atoms with Crippen LogP contribution in [0.5, 0.6) is 11.5 Å². The molecule has 0 radical (unpaired) electrons. The van der Waals surface area contributed by atoms with E-state index < -0.39 is 0 Å². The Hall–Kier alpha value is -0.800. The predicted octanol–water partition coefficient (Wildman–Crippen LogP) is 5.86. The maximum atomic E-state index is 9.57. The number of phenolic OH excluding ortho intramolecular Hbond substituents is 2. The molecule has 2 N–H and O–H groups in total. The highest BCUT2D eigenvalue weighted by Crippen LogP contribution is 2.40. The molecule has 0 saturated heterocycles. The summed E-state index contributed by atoms with van der Waals surface area (Å²) in [6, 6.07) is 6.51. The van der Waals surface area contributed by atoms with Gasteiger partial charge in [0.15, 0.2) is 11.5 Å². The van der Waals surface area contributed by atoms with Gasteiger partial charge in [0.2, 0.25) is 0 Å². The molecule has 6 heteroatoms. The third-order valence-corrected chi connectivity index (χ3v) is 4.23. The highest BCUT2D eigenvalue weighted by molar-refractivity contribution is 6.37. The summed E-state index contributed by atoms with van der Waals surface area (Å²) in [5, 5.41) is 19.8. The first-order chi connectivity index (χ1) is 9.31. The van der Waals surface area contributed by atoms with Gasteiger partial charge in [-0.15, -0.1) is 0 Å². The summed E-state index contributed by atoms with van der Waals surface area (Å²) in [5.74, 6) is -0.404. The topological polar surface area (TPSA) is 40.5 Å². The van der Waals surface area contributed by atoms with Crippen LogP contribution in [0.1, 0.15) is 24.0 Å². The zero-order valence-electron chi connectivity index (χ0n) is 10.3. The predicted molar refractivity (Wildman–Crippen MR) is 83.8 cm³/mol. The van der Waals surface area contributed by atoms with E-state index in [4.69, 9.17) is 46.4 Å². The van der Waals surface area contributed by atoms with Crippen molar-refractivity contribution in [3.8, 4) is 11.5 Å². The average molecular weight is 352 g/mol. The number of rotatable bonds is 2. The van der Waals surface area contributed by atoms with E-state index in [2.05, 4.69) is 0 Å². The molecule has 0 aliphatic heterocycles. The van der Waals surface area contributed by atoms with Crippen molar-refractivity contribution < 1.29 is 10.2 Å². The first-order valence-electron chi connectivity index (χ1n) is 5.67. The van der Waals surface area contributed by atoms with Crippen LogP contribution in [0, 0.1) is 0 Å². The zero-order chi connectivity index (χ0) is 15.0. The molecule has 2 rings (SSSR count). The molecule has 2 aromatic carbocycles. The van der Waals surface area contributed by atoms with Gasteiger partial charge in [0.1, 0.15) is 0 Å². The second kappa shape index (κ2) is 5.90. The van der Waals surface area contributed by atoms with E-state index in [1.54, 1.807) is 24.3 Å². The Bertz CT molecular complexity index is 567. The van der Waals surface area contributed by atoms with Crippen molar-refractivity contribution in [3.63, 3.8) is 0 Å². The van der Waals surface area contributed by atoms with Crippen molar-refractivity contribution in [3.05, 3.63) is 55.5 Å². The lowest BCUT2D eigenvalue weighted by Gasteiger charge is -2.15. The van der Waals surface area contributed by atoms with Crippen LogP contribution in [0.25, 0.3) is 0 Å². The van der Waals surface area contributed by atoms with Gasteiger partial charge in [0, 0.05) is 5.92 Å². The monoisotopic (exact) mass is 350 g/mol. The van der Waals surface area contributed by atoms with Crippen LogP contribution in [0.3, 0.4) is 0 Å². The van der Waals surface area contributed by atoms with Gasteiger partial charge in [-0.05, 0) is 35.4 Å².